The highest BCUT2D eigenvalue weighted by Crippen LogP contribution is 2.38. The van der Waals surface area contributed by atoms with Crippen LogP contribution in [0.2, 0.25) is 0 Å². The summed E-state index contributed by atoms with van der Waals surface area (Å²) >= 11 is 10.1. The number of thiocarbonyl (C=S) groups is 1. The lowest BCUT2D eigenvalue weighted by Gasteiger charge is -2.22. The van der Waals surface area contributed by atoms with E-state index >= 15 is 0 Å². The molecule has 1 aliphatic rings. The average molecular weight is 642 g/mol. The van der Waals surface area contributed by atoms with Crippen LogP contribution < -0.4 is 19.9 Å². The predicted molar refractivity (Wildman–Crippen MR) is 167 cm³/mol. The van der Waals surface area contributed by atoms with E-state index in [1.54, 1.807) is 12.1 Å². The van der Waals surface area contributed by atoms with Crippen LogP contribution in [0.3, 0.4) is 0 Å². The molecule has 0 radical (unpaired) electrons. The molecule has 1 aliphatic heterocycles. The predicted octanol–water partition coefficient (Wildman–Crippen LogP) is 6.63. The number of benzene rings is 3. The minimum Gasteiger partial charge on any atom is -0.483 e. The maximum atomic E-state index is 13.3. The van der Waals surface area contributed by atoms with Gasteiger partial charge in [0, 0.05) is 52.7 Å². The van der Waals surface area contributed by atoms with Gasteiger partial charge in [-0.25, -0.2) is 0 Å². The largest absolute Gasteiger partial charge is 0.483 e. The summed E-state index contributed by atoms with van der Waals surface area (Å²) in [5.41, 5.74) is 2.33. The number of non-ortho nitro benzene ring substituents is 1. The second-order valence-electron chi connectivity index (χ2n) is 8.53. The van der Waals surface area contributed by atoms with E-state index in [1.165, 1.54) is 34.9 Å². The standard InChI is InChI=1S/C28H25BrN4O5S2/c1-3-31(4-2)22-11-8-18(14-25-27(35)32(28(39)40-25)21-12-9-19(29)10-13-21)24(16-22)38-17-26(34)30-20-6-5-7-23(15-20)33(36)37/h5-16H,3-4,17H2,1-2H3,(H,30,34)/b25-14+. The molecule has 0 saturated carbocycles. The summed E-state index contributed by atoms with van der Waals surface area (Å²) in [4.78, 5) is 40.5. The van der Waals surface area contributed by atoms with E-state index in [4.69, 9.17) is 17.0 Å². The zero-order valence-electron chi connectivity index (χ0n) is 21.6. The summed E-state index contributed by atoms with van der Waals surface area (Å²) in [7, 11) is 0. The Bertz CT molecular complexity index is 1490. The maximum Gasteiger partial charge on any atom is 0.271 e. The van der Waals surface area contributed by atoms with Crippen molar-refractivity contribution in [2.45, 2.75) is 13.8 Å². The minimum absolute atomic E-state index is 0.131. The van der Waals surface area contributed by atoms with Crippen LogP contribution in [-0.2, 0) is 9.59 Å². The van der Waals surface area contributed by atoms with Crippen molar-refractivity contribution in [3.63, 3.8) is 0 Å². The molecule has 12 heteroatoms. The van der Waals surface area contributed by atoms with E-state index < -0.39 is 10.8 Å². The van der Waals surface area contributed by atoms with Crippen LogP contribution in [0.5, 0.6) is 5.75 Å². The molecule has 2 amide bonds. The van der Waals surface area contributed by atoms with E-state index in [2.05, 4.69) is 26.1 Å². The Morgan fingerprint density at radius 1 is 1.15 bits per heavy atom. The van der Waals surface area contributed by atoms with Gasteiger partial charge in [0.2, 0.25) is 0 Å². The van der Waals surface area contributed by atoms with E-state index in [-0.39, 0.29) is 23.9 Å². The second kappa shape index (κ2) is 13.1. The molecular formula is C28H25BrN4O5S2. The Morgan fingerprint density at radius 3 is 2.55 bits per heavy atom. The number of halogens is 1. The van der Waals surface area contributed by atoms with Crippen LogP contribution in [0.4, 0.5) is 22.7 Å². The molecule has 0 spiro atoms. The van der Waals surface area contributed by atoms with Gasteiger partial charge in [-0.2, -0.15) is 0 Å². The molecule has 40 heavy (non-hydrogen) atoms. The molecule has 0 bridgehead atoms. The minimum atomic E-state index is -0.531. The summed E-state index contributed by atoms with van der Waals surface area (Å²) in [6.07, 6.45) is 1.71. The highest BCUT2D eigenvalue weighted by atomic mass is 79.9. The van der Waals surface area contributed by atoms with Crippen LogP contribution in [0.1, 0.15) is 19.4 Å². The van der Waals surface area contributed by atoms with Crippen LogP contribution in [0.25, 0.3) is 6.08 Å². The van der Waals surface area contributed by atoms with Crippen LogP contribution in [0, 0.1) is 10.1 Å². The lowest BCUT2D eigenvalue weighted by Crippen LogP contribution is -2.27. The highest BCUT2D eigenvalue weighted by molar-refractivity contribution is 9.10. The summed E-state index contributed by atoms with van der Waals surface area (Å²) < 4.78 is 7.24. The molecule has 1 heterocycles. The molecule has 0 unspecified atom stereocenters. The molecule has 0 aromatic heterocycles. The van der Waals surface area contributed by atoms with E-state index in [1.807, 2.05) is 56.3 Å². The molecular weight excluding hydrogens is 616 g/mol. The fourth-order valence-electron chi connectivity index (χ4n) is 4.01. The Morgan fingerprint density at radius 2 is 1.88 bits per heavy atom. The van der Waals surface area contributed by atoms with Gasteiger partial charge in [-0.3, -0.25) is 24.6 Å². The summed E-state index contributed by atoms with van der Waals surface area (Å²) in [5.74, 6) is -0.326. The van der Waals surface area contributed by atoms with Gasteiger partial charge < -0.3 is 15.0 Å². The number of nitro groups is 1. The number of nitrogens with one attached hydrogen (secondary N) is 1. The van der Waals surface area contributed by atoms with Gasteiger partial charge in [0.15, 0.2) is 10.9 Å². The molecule has 9 nitrogen and oxygen atoms in total. The third-order valence-electron chi connectivity index (χ3n) is 5.99. The zero-order chi connectivity index (χ0) is 28.8. The van der Waals surface area contributed by atoms with Crippen LogP contribution in [0.15, 0.2) is 76.1 Å². The smallest absolute Gasteiger partial charge is 0.271 e. The van der Waals surface area contributed by atoms with Gasteiger partial charge in [0.05, 0.1) is 15.5 Å². The van der Waals surface area contributed by atoms with Crippen molar-refractivity contribution >= 4 is 84.9 Å². The first kappa shape index (κ1) is 29.2. The summed E-state index contributed by atoms with van der Waals surface area (Å²) in [6.45, 7) is 5.28. The molecule has 1 saturated heterocycles. The fraction of sp³-hybridized carbons (Fsp3) is 0.179. The first-order valence-electron chi connectivity index (χ1n) is 12.3. The normalized spacial score (nSPS) is 14.0. The van der Waals surface area contributed by atoms with E-state index in [0.29, 0.717) is 26.2 Å². The SMILES string of the molecule is CCN(CC)c1ccc(/C=C2/SC(=S)N(c3ccc(Br)cc3)C2=O)c(OCC(=O)Nc2cccc([N+](=O)[O-])c2)c1. The second-order valence-corrected chi connectivity index (χ2v) is 11.1. The molecule has 206 valence electrons. The number of anilines is 3. The van der Waals surface area contributed by atoms with Crippen molar-refractivity contribution in [1.29, 1.82) is 0 Å². The molecule has 0 aliphatic carbocycles. The summed E-state index contributed by atoms with van der Waals surface area (Å²) in [5, 5.41) is 13.7. The maximum absolute atomic E-state index is 13.3. The van der Waals surface area contributed by atoms with Crippen molar-refractivity contribution in [1.82, 2.24) is 0 Å². The number of nitro benzene ring substituents is 1. The first-order valence-corrected chi connectivity index (χ1v) is 14.3. The van der Waals surface area contributed by atoms with Crippen molar-refractivity contribution < 1.29 is 19.2 Å². The molecule has 3 aromatic rings. The zero-order valence-corrected chi connectivity index (χ0v) is 24.8. The number of hydrogen-bond donors (Lipinski definition) is 1. The van der Waals surface area contributed by atoms with Crippen molar-refractivity contribution in [3.05, 3.63) is 91.8 Å². The molecule has 1 fully saturated rings. The van der Waals surface area contributed by atoms with Crippen LogP contribution in [-0.4, -0.2) is 40.8 Å². The number of rotatable bonds is 10. The number of hydrogen-bond acceptors (Lipinski definition) is 8. The topological polar surface area (TPSA) is 105 Å². The Kier molecular flexibility index (Phi) is 9.56. The summed E-state index contributed by atoms with van der Waals surface area (Å²) in [6, 6.07) is 18.6. The highest BCUT2D eigenvalue weighted by Gasteiger charge is 2.33. The Hall–Kier alpha value is -3.74. The third-order valence-corrected chi connectivity index (χ3v) is 7.82. The van der Waals surface area contributed by atoms with Gasteiger partial charge in [-0.05, 0) is 62.4 Å². The van der Waals surface area contributed by atoms with Crippen LogP contribution >= 0.6 is 39.9 Å². The van der Waals surface area contributed by atoms with Gasteiger partial charge in [-0.1, -0.05) is 46.0 Å². The molecule has 1 N–H and O–H groups in total. The van der Waals surface area contributed by atoms with Gasteiger partial charge >= 0.3 is 0 Å². The number of thioether (sulfide) groups is 1. The monoisotopic (exact) mass is 640 g/mol. The Balaban J connectivity index is 1.58. The number of amides is 2. The average Bonchev–Trinajstić information content (AvgIpc) is 3.22. The van der Waals surface area contributed by atoms with Crippen molar-refractivity contribution in [2.75, 3.05) is 34.8 Å². The van der Waals surface area contributed by atoms with Crippen molar-refractivity contribution in [3.8, 4) is 5.75 Å². The third kappa shape index (κ3) is 6.87. The molecule has 4 rings (SSSR count). The van der Waals surface area contributed by atoms with E-state index in [9.17, 15) is 19.7 Å². The molecule has 0 atom stereocenters. The number of nitrogens with zero attached hydrogens (tertiary/aromatic N) is 3. The number of ether oxygens (including phenoxy) is 1. The van der Waals surface area contributed by atoms with Gasteiger partial charge in [0.1, 0.15) is 5.75 Å². The van der Waals surface area contributed by atoms with Gasteiger partial charge in [-0.15, -0.1) is 0 Å². The lowest BCUT2D eigenvalue weighted by atomic mass is 10.1. The van der Waals surface area contributed by atoms with E-state index in [0.717, 1.165) is 23.2 Å². The molecule has 3 aromatic carbocycles. The van der Waals surface area contributed by atoms with Gasteiger partial charge in [0.25, 0.3) is 17.5 Å². The first-order chi connectivity index (χ1) is 19.2. The Labute approximate surface area is 249 Å². The quantitative estimate of drug-likeness (QED) is 0.114. The van der Waals surface area contributed by atoms with Crippen molar-refractivity contribution in [2.24, 2.45) is 0 Å². The number of carbonyl (C=O) groups excluding carboxylic acids is 2. The fourth-order valence-corrected chi connectivity index (χ4v) is 5.57. The number of carbonyl (C=O) groups is 2. The lowest BCUT2D eigenvalue weighted by molar-refractivity contribution is -0.384.